The number of thiazole rings is 1. The molecule has 1 aromatic heterocycles. The van der Waals surface area contributed by atoms with Crippen LogP contribution in [0.1, 0.15) is 36.6 Å². The van der Waals surface area contributed by atoms with Crippen LogP contribution in [-0.2, 0) is 16.1 Å². The molecule has 3 aromatic carbocycles. The van der Waals surface area contributed by atoms with Crippen LogP contribution in [0.4, 0.5) is 5.69 Å². The first-order chi connectivity index (χ1) is 20.8. The molecular weight excluding hydrogens is 574 g/mol. The van der Waals surface area contributed by atoms with Crippen molar-refractivity contribution in [3.8, 4) is 17.2 Å². The Morgan fingerprint density at radius 3 is 2.58 bits per heavy atom. The smallest absolute Gasteiger partial charge is 0.338 e. The van der Waals surface area contributed by atoms with E-state index in [-0.39, 0.29) is 36.8 Å². The third-order valence-electron chi connectivity index (χ3n) is 6.96. The molecule has 0 amide bonds. The van der Waals surface area contributed by atoms with Crippen LogP contribution in [0.15, 0.2) is 87.8 Å². The van der Waals surface area contributed by atoms with E-state index < -0.39 is 16.9 Å². The fourth-order valence-electron chi connectivity index (χ4n) is 4.88. The molecule has 1 atom stereocenters. The first kappa shape index (κ1) is 27.9. The van der Waals surface area contributed by atoms with Gasteiger partial charge in [0.15, 0.2) is 16.3 Å². The summed E-state index contributed by atoms with van der Waals surface area (Å²) in [5, 5.41) is 10.8. The highest BCUT2D eigenvalue weighted by Gasteiger charge is 2.34. The topological polar surface area (TPSA) is 131 Å². The predicted molar refractivity (Wildman–Crippen MR) is 157 cm³/mol. The number of hydrogen-bond acceptors (Lipinski definition) is 10. The third kappa shape index (κ3) is 5.52. The van der Waals surface area contributed by atoms with E-state index in [1.165, 1.54) is 28.0 Å². The van der Waals surface area contributed by atoms with E-state index in [9.17, 15) is 19.7 Å². The molecule has 0 spiro atoms. The lowest BCUT2D eigenvalue weighted by Gasteiger charge is -2.24. The average molecular weight is 600 g/mol. The highest BCUT2D eigenvalue weighted by Crippen LogP contribution is 2.38. The van der Waals surface area contributed by atoms with Gasteiger partial charge in [-0.05, 0) is 73.0 Å². The molecule has 0 saturated heterocycles. The molecule has 0 fully saturated rings. The molecule has 6 rings (SSSR count). The van der Waals surface area contributed by atoms with Crippen LogP contribution in [0.5, 0.6) is 17.2 Å². The number of hydrogen-bond donors (Lipinski definition) is 0. The molecule has 0 saturated carbocycles. The molecule has 0 radical (unpaired) electrons. The number of aromatic nitrogens is 1. The minimum absolute atomic E-state index is 0.0212. The molecule has 0 bridgehead atoms. The van der Waals surface area contributed by atoms with Crippen molar-refractivity contribution in [3.63, 3.8) is 0 Å². The third-order valence-corrected chi connectivity index (χ3v) is 7.94. The van der Waals surface area contributed by atoms with Crippen molar-refractivity contribution in [1.29, 1.82) is 0 Å². The molecule has 4 aromatic rings. The van der Waals surface area contributed by atoms with E-state index in [1.807, 2.05) is 18.2 Å². The maximum absolute atomic E-state index is 13.8. The van der Waals surface area contributed by atoms with Crippen LogP contribution in [-0.4, -0.2) is 28.9 Å². The highest BCUT2D eigenvalue weighted by molar-refractivity contribution is 7.07. The lowest BCUT2D eigenvalue weighted by molar-refractivity contribution is -0.384. The number of nitro groups is 1. The number of ether oxygens (including phenoxy) is 4. The molecule has 2 aliphatic heterocycles. The maximum atomic E-state index is 13.8. The van der Waals surface area contributed by atoms with Crippen LogP contribution in [0.2, 0.25) is 0 Å². The van der Waals surface area contributed by atoms with Crippen molar-refractivity contribution in [1.82, 2.24) is 4.57 Å². The monoisotopic (exact) mass is 599 g/mol. The van der Waals surface area contributed by atoms with Gasteiger partial charge in [-0.25, -0.2) is 9.79 Å². The zero-order valence-corrected chi connectivity index (χ0v) is 24.0. The van der Waals surface area contributed by atoms with Crippen LogP contribution in [0.3, 0.4) is 0 Å². The van der Waals surface area contributed by atoms with Crippen LogP contribution in [0, 0.1) is 10.1 Å². The molecule has 12 heteroatoms. The standard InChI is InChI=1S/C31H25N3O8S/c1-3-39-30(36)27-18(2)32-31-33(28(27)21-8-13-24-25(15-21)42-17-41-24)29(35)26(43-31)14-19-6-11-23(12-7-19)40-16-20-4-9-22(10-5-20)34(37)38/h4-15,28H,3,16-17H2,1-2H3/b26-14-/t28-/m1/s1. The Balaban J connectivity index is 1.31. The van der Waals surface area contributed by atoms with E-state index in [0.717, 1.165) is 11.1 Å². The Morgan fingerprint density at radius 2 is 1.86 bits per heavy atom. The van der Waals surface area contributed by atoms with Crippen molar-refractivity contribution >= 4 is 29.1 Å². The second-order valence-electron chi connectivity index (χ2n) is 9.70. The van der Waals surface area contributed by atoms with Crippen molar-refractivity contribution in [2.24, 2.45) is 4.99 Å². The summed E-state index contributed by atoms with van der Waals surface area (Å²) in [5.41, 5.74) is 2.73. The van der Waals surface area contributed by atoms with Gasteiger partial charge in [-0.3, -0.25) is 19.5 Å². The Morgan fingerprint density at radius 1 is 1.12 bits per heavy atom. The number of benzene rings is 3. The number of rotatable bonds is 8. The van der Waals surface area contributed by atoms with E-state index >= 15 is 0 Å². The molecule has 218 valence electrons. The molecule has 11 nitrogen and oxygen atoms in total. The number of carbonyl (C=O) groups is 1. The number of nitro benzene ring substituents is 1. The summed E-state index contributed by atoms with van der Waals surface area (Å²) in [6.45, 7) is 3.99. The van der Waals surface area contributed by atoms with E-state index in [2.05, 4.69) is 4.99 Å². The fraction of sp³-hybridized carbons (Fsp3) is 0.194. The van der Waals surface area contributed by atoms with Crippen LogP contribution < -0.4 is 29.1 Å². The van der Waals surface area contributed by atoms with Gasteiger partial charge in [0.1, 0.15) is 12.4 Å². The number of allylic oxidation sites excluding steroid dienone is 1. The van der Waals surface area contributed by atoms with Crippen molar-refractivity contribution < 1.29 is 28.7 Å². The summed E-state index contributed by atoms with van der Waals surface area (Å²) < 4.78 is 24.2. The van der Waals surface area contributed by atoms with E-state index in [0.29, 0.717) is 37.8 Å². The minimum atomic E-state index is -0.762. The van der Waals surface area contributed by atoms with Gasteiger partial charge >= 0.3 is 5.97 Å². The van der Waals surface area contributed by atoms with Crippen molar-refractivity contribution in [3.05, 3.63) is 124 Å². The lowest BCUT2D eigenvalue weighted by Crippen LogP contribution is -2.39. The largest absolute Gasteiger partial charge is 0.489 e. The Hall–Kier alpha value is -5.23. The first-order valence-electron chi connectivity index (χ1n) is 13.4. The van der Waals surface area contributed by atoms with Gasteiger partial charge in [-0.2, -0.15) is 0 Å². The number of fused-ring (bicyclic) bond motifs is 2. The van der Waals surface area contributed by atoms with Gasteiger partial charge in [0.2, 0.25) is 6.79 Å². The molecule has 3 heterocycles. The van der Waals surface area contributed by atoms with E-state index in [1.54, 1.807) is 56.3 Å². The normalized spacial score (nSPS) is 15.6. The second kappa shape index (κ2) is 11.6. The Labute approximate surface area is 248 Å². The first-order valence-corrected chi connectivity index (χ1v) is 14.2. The number of esters is 1. The SMILES string of the molecule is CCOC(=O)C1=C(C)N=c2s/c(=C\c3ccc(OCc4ccc([N+](=O)[O-])cc4)cc3)c(=O)n2[C@@H]1c1ccc2c(c1)OCO2. The zero-order chi connectivity index (χ0) is 30.1. The summed E-state index contributed by atoms with van der Waals surface area (Å²) in [6.07, 6.45) is 1.77. The number of nitrogens with zero attached hydrogens (tertiary/aromatic N) is 3. The Kier molecular flexibility index (Phi) is 7.51. The van der Waals surface area contributed by atoms with Gasteiger partial charge in [0.05, 0.1) is 33.4 Å². The van der Waals surface area contributed by atoms with Crippen LogP contribution in [0.25, 0.3) is 6.08 Å². The molecule has 0 unspecified atom stereocenters. The predicted octanol–water partition coefficient (Wildman–Crippen LogP) is 4.01. The number of carbonyl (C=O) groups excluding carboxylic acids is 1. The fourth-order valence-corrected chi connectivity index (χ4v) is 5.93. The molecule has 2 aliphatic rings. The maximum Gasteiger partial charge on any atom is 0.338 e. The van der Waals surface area contributed by atoms with E-state index in [4.69, 9.17) is 18.9 Å². The molecule has 0 N–H and O–H groups in total. The summed E-state index contributed by atoms with van der Waals surface area (Å²) >= 11 is 1.23. The average Bonchev–Trinajstić information content (AvgIpc) is 3.59. The van der Waals surface area contributed by atoms with Gasteiger partial charge in [-0.1, -0.05) is 29.5 Å². The minimum Gasteiger partial charge on any atom is -0.489 e. The van der Waals surface area contributed by atoms with Gasteiger partial charge in [0, 0.05) is 12.1 Å². The van der Waals surface area contributed by atoms with Crippen molar-refractivity contribution in [2.45, 2.75) is 26.5 Å². The summed E-state index contributed by atoms with van der Waals surface area (Å²) in [5.74, 6) is 1.20. The van der Waals surface area contributed by atoms with Gasteiger partial charge in [-0.15, -0.1) is 0 Å². The van der Waals surface area contributed by atoms with Crippen molar-refractivity contribution in [2.75, 3.05) is 13.4 Å². The van der Waals surface area contributed by atoms with Crippen LogP contribution >= 0.6 is 11.3 Å². The molecule has 0 aliphatic carbocycles. The summed E-state index contributed by atoms with van der Waals surface area (Å²) in [6, 6.07) is 18.0. The summed E-state index contributed by atoms with van der Waals surface area (Å²) in [4.78, 5) is 42.4. The summed E-state index contributed by atoms with van der Waals surface area (Å²) in [7, 11) is 0. The second-order valence-corrected chi connectivity index (χ2v) is 10.7. The Bertz CT molecular complexity index is 1940. The zero-order valence-electron chi connectivity index (χ0n) is 23.1. The highest BCUT2D eigenvalue weighted by atomic mass is 32.1. The lowest BCUT2D eigenvalue weighted by atomic mass is 9.95. The van der Waals surface area contributed by atoms with Gasteiger partial charge < -0.3 is 18.9 Å². The number of non-ortho nitro benzene ring substituents is 1. The molecule has 43 heavy (non-hydrogen) atoms. The van der Waals surface area contributed by atoms with Gasteiger partial charge in [0.25, 0.3) is 11.2 Å². The quantitative estimate of drug-likeness (QED) is 0.169. The molecular formula is C31H25N3O8S.